The maximum absolute atomic E-state index is 11.2. The summed E-state index contributed by atoms with van der Waals surface area (Å²) < 4.78 is 4.78. The van der Waals surface area contributed by atoms with Crippen LogP contribution in [-0.4, -0.2) is 25.2 Å². The summed E-state index contributed by atoms with van der Waals surface area (Å²) in [5.41, 5.74) is 5.86. The molecule has 0 heterocycles. The number of amides is 2. The summed E-state index contributed by atoms with van der Waals surface area (Å²) in [6.07, 6.45) is 1.06. The molecule has 89 valence electrons. The van der Waals surface area contributed by atoms with Crippen LogP contribution in [0.3, 0.4) is 0 Å². The lowest BCUT2D eigenvalue weighted by atomic mass is 10.3. The quantitative estimate of drug-likeness (QED) is 0.611. The zero-order chi connectivity index (χ0) is 12.7. The summed E-state index contributed by atoms with van der Waals surface area (Å²) in [7, 11) is 0. The van der Waals surface area contributed by atoms with Gasteiger partial charge in [-0.3, -0.25) is 4.90 Å². The van der Waals surface area contributed by atoms with E-state index < -0.39 is 12.0 Å². The second-order valence-corrected chi connectivity index (χ2v) is 3.12. The molecule has 1 aromatic rings. The first-order valence-corrected chi connectivity index (χ1v) is 4.97. The highest BCUT2D eigenvalue weighted by Gasteiger charge is 2.11. The zero-order valence-electron chi connectivity index (χ0n) is 9.26. The number of carbonyl (C=O) groups excluding carboxylic acids is 2. The van der Waals surface area contributed by atoms with E-state index in [0.29, 0.717) is 5.69 Å². The van der Waals surface area contributed by atoms with Crippen LogP contribution in [0.4, 0.5) is 10.5 Å². The smallest absolute Gasteiger partial charge is 0.330 e. The summed E-state index contributed by atoms with van der Waals surface area (Å²) in [6, 6.07) is 8.95. The lowest BCUT2D eigenvalue weighted by Gasteiger charge is -2.19. The molecule has 0 atom stereocenters. The van der Waals surface area contributed by atoms with E-state index >= 15 is 0 Å². The predicted molar refractivity (Wildman–Crippen MR) is 63.4 cm³/mol. The normalized spacial score (nSPS) is 9.41. The van der Waals surface area contributed by atoms with Crippen LogP contribution < -0.4 is 10.6 Å². The molecule has 0 bridgehead atoms. The van der Waals surface area contributed by atoms with Gasteiger partial charge in [0.25, 0.3) is 0 Å². The van der Waals surface area contributed by atoms with Crippen molar-refractivity contribution in [2.45, 2.75) is 0 Å². The van der Waals surface area contributed by atoms with Gasteiger partial charge in [0, 0.05) is 11.8 Å². The Morgan fingerprint density at radius 2 is 2.12 bits per heavy atom. The number of nitrogens with two attached hydrogens (primary N) is 1. The van der Waals surface area contributed by atoms with Gasteiger partial charge in [-0.05, 0) is 18.2 Å². The number of benzene rings is 1. The lowest BCUT2D eigenvalue weighted by molar-refractivity contribution is -0.137. The standard InChI is InChI=1S/C12H13N2O3/c1-2-11(15)17-9-8-14(12(13)16)10-6-4-3-5-7-10/h2,4-7H,1,8-9H2,(H2,13,16). The van der Waals surface area contributed by atoms with Crippen molar-refractivity contribution in [3.8, 4) is 0 Å². The van der Waals surface area contributed by atoms with Gasteiger partial charge in [-0.1, -0.05) is 18.7 Å². The van der Waals surface area contributed by atoms with Gasteiger partial charge in [-0.2, -0.15) is 0 Å². The molecule has 0 saturated heterocycles. The summed E-state index contributed by atoms with van der Waals surface area (Å²) in [5, 5.41) is 0. The largest absolute Gasteiger partial charge is 0.461 e. The van der Waals surface area contributed by atoms with Crippen LogP contribution in [0.25, 0.3) is 0 Å². The van der Waals surface area contributed by atoms with Gasteiger partial charge in [0.2, 0.25) is 0 Å². The Labute approximate surface area is 99.5 Å². The Bertz CT molecular complexity index is 403. The van der Waals surface area contributed by atoms with Gasteiger partial charge < -0.3 is 10.5 Å². The molecule has 1 rings (SSSR count). The summed E-state index contributed by atoms with van der Waals surface area (Å²) >= 11 is 0. The maximum atomic E-state index is 11.2. The van der Waals surface area contributed by atoms with Gasteiger partial charge in [0.15, 0.2) is 0 Å². The molecule has 0 unspecified atom stereocenters. The van der Waals surface area contributed by atoms with E-state index in [2.05, 4.69) is 12.6 Å². The second kappa shape index (κ2) is 6.32. The Hall–Kier alpha value is -2.30. The van der Waals surface area contributed by atoms with Gasteiger partial charge >= 0.3 is 12.0 Å². The Morgan fingerprint density at radius 1 is 1.47 bits per heavy atom. The molecule has 0 aliphatic rings. The van der Waals surface area contributed by atoms with Gasteiger partial charge in [-0.25, -0.2) is 9.59 Å². The Kier molecular flexibility index (Phi) is 4.75. The van der Waals surface area contributed by atoms with Crippen molar-refractivity contribution in [2.24, 2.45) is 5.73 Å². The molecule has 1 radical (unpaired) electrons. The van der Waals surface area contributed by atoms with E-state index in [1.54, 1.807) is 24.3 Å². The summed E-state index contributed by atoms with van der Waals surface area (Å²) in [4.78, 5) is 23.4. The van der Waals surface area contributed by atoms with Crippen molar-refractivity contribution in [3.63, 3.8) is 0 Å². The number of hydrogen-bond acceptors (Lipinski definition) is 3. The minimum atomic E-state index is -0.606. The van der Waals surface area contributed by atoms with E-state index in [0.717, 1.165) is 6.08 Å². The number of urea groups is 1. The molecule has 5 nitrogen and oxygen atoms in total. The SMILES string of the molecule is C=CC(=O)OCCN(C(N)=O)c1cc[c]cc1. The van der Waals surface area contributed by atoms with E-state index in [-0.39, 0.29) is 13.2 Å². The fourth-order valence-electron chi connectivity index (χ4n) is 1.22. The average Bonchev–Trinajstić information content (AvgIpc) is 2.34. The first kappa shape index (κ1) is 12.8. The van der Waals surface area contributed by atoms with Crippen LogP contribution in [0.1, 0.15) is 0 Å². The molecule has 2 N–H and O–H groups in total. The third kappa shape index (κ3) is 3.98. The number of anilines is 1. The number of rotatable bonds is 5. The van der Waals surface area contributed by atoms with Crippen molar-refractivity contribution < 1.29 is 14.3 Å². The summed E-state index contributed by atoms with van der Waals surface area (Å²) in [5.74, 6) is -0.532. The minimum Gasteiger partial charge on any atom is -0.461 e. The number of ether oxygens (including phenoxy) is 1. The third-order valence-electron chi connectivity index (χ3n) is 2.00. The number of primary amides is 1. The highest BCUT2D eigenvalue weighted by Crippen LogP contribution is 2.11. The van der Waals surface area contributed by atoms with E-state index in [1.807, 2.05) is 0 Å². The number of hydrogen-bond donors (Lipinski definition) is 1. The van der Waals surface area contributed by atoms with E-state index in [9.17, 15) is 9.59 Å². The van der Waals surface area contributed by atoms with Crippen molar-refractivity contribution in [1.29, 1.82) is 0 Å². The number of carbonyl (C=O) groups is 2. The van der Waals surface area contributed by atoms with Gasteiger partial charge in [0.1, 0.15) is 6.61 Å². The van der Waals surface area contributed by atoms with Crippen molar-refractivity contribution in [3.05, 3.63) is 43.0 Å². The average molecular weight is 233 g/mol. The Balaban J connectivity index is 2.59. The van der Waals surface area contributed by atoms with Gasteiger partial charge in [-0.15, -0.1) is 0 Å². The first-order chi connectivity index (χ1) is 8.15. The lowest BCUT2D eigenvalue weighted by Crippen LogP contribution is -2.38. The molecule has 1 aromatic carbocycles. The first-order valence-electron chi connectivity index (χ1n) is 4.97. The molecule has 0 aromatic heterocycles. The van der Waals surface area contributed by atoms with Gasteiger partial charge in [0.05, 0.1) is 6.54 Å². The molecule has 2 amide bonds. The van der Waals surface area contributed by atoms with Crippen LogP contribution in [0.5, 0.6) is 0 Å². The second-order valence-electron chi connectivity index (χ2n) is 3.12. The van der Waals surface area contributed by atoms with E-state index in [4.69, 9.17) is 10.5 Å². The third-order valence-corrected chi connectivity index (χ3v) is 2.00. The summed E-state index contributed by atoms with van der Waals surface area (Å²) in [6.45, 7) is 3.52. The van der Waals surface area contributed by atoms with Crippen LogP contribution in [-0.2, 0) is 9.53 Å². The number of esters is 1. The van der Waals surface area contributed by atoms with Crippen LogP contribution in [0.2, 0.25) is 0 Å². The topological polar surface area (TPSA) is 72.6 Å². The molecular weight excluding hydrogens is 220 g/mol. The molecule has 0 spiro atoms. The zero-order valence-corrected chi connectivity index (χ0v) is 9.26. The maximum Gasteiger partial charge on any atom is 0.330 e. The number of nitrogens with zero attached hydrogens (tertiary/aromatic N) is 1. The molecule has 17 heavy (non-hydrogen) atoms. The predicted octanol–water partition coefficient (Wildman–Crippen LogP) is 1.10. The van der Waals surface area contributed by atoms with E-state index in [1.165, 1.54) is 4.90 Å². The molecule has 5 heteroatoms. The monoisotopic (exact) mass is 233 g/mol. The highest BCUT2D eigenvalue weighted by molar-refractivity contribution is 5.90. The molecule has 0 aliphatic heterocycles. The van der Waals surface area contributed by atoms with Crippen molar-refractivity contribution in [1.82, 2.24) is 0 Å². The Morgan fingerprint density at radius 3 is 2.65 bits per heavy atom. The van der Waals surface area contributed by atoms with Crippen LogP contribution in [0, 0.1) is 6.07 Å². The van der Waals surface area contributed by atoms with Crippen LogP contribution >= 0.6 is 0 Å². The van der Waals surface area contributed by atoms with Crippen molar-refractivity contribution in [2.75, 3.05) is 18.1 Å². The molecule has 0 aliphatic carbocycles. The molecular formula is C12H13N2O3. The minimum absolute atomic E-state index is 0.0619. The fraction of sp³-hybridized carbons (Fsp3) is 0.167. The van der Waals surface area contributed by atoms with Crippen LogP contribution in [0.15, 0.2) is 36.9 Å². The van der Waals surface area contributed by atoms with Crippen molar-refractivity contribution >= 4 is 17.7 Å². The fourth-order valence-corrected chi connectivity index (χ4v) is 1.22. The highest BCUT2D eigenvalue weighted by atomic mass is 16.5. The molecule has 0 saturated carbocycles. The molecule has 0 fully saturated rings.